The molecular weight excluding hydrogens is 256 g/mol. The lowest BCUT2D eigenvalue weighted by Crippen LogP contribution is -2.14. The van der Waals surface area contributed by atoms with E-state index in [1.54, 1.807) is 0 Å². The van der Waals surface area contributed by atoms with Crippen LogP contribution < -0.4 is 0 Å². The molecule has 2 heterocycles. The highest BCUT2D eigenvalue weighted by molar-refractivity contribution is 9.11. The van der Waals surface area contributed by atoms with E-state index in [0.29, 0.717) is 0 Å². The molecular formula is C7H9BrN2S2. The van der Waals surface area contributed by atoms with Gasteiger partial charge in [-0.1, -0.05) is 0 Å². The molecule has 0 aromatic carbocycles. The van der Waals surface area contributed by atoms with Crippen LogP contribution in [0.3, 0.4) is 0 Å². The molecule has 2 nitrogen and oxygen atoms in total. The quantitative estimate of drug-likeness (QED) is 0.780. The largest absolute Gasteiger partial charge is 0.211 e. The van der Waals surface area contributed by atoms with Gasteiger partial charge in [0.2, 0.25) is 0 Å². The van der Waals surface area contributed by atoms with Crippen molar-refractivity contribution in [3.05, 3.63) is 9.74 Å². The van der Waals surface area contributed by atoms with Crippen molar-refractivity contribution in [2.75, 3.05) is 5.75 Å². The normalized spacial score (nSPS) is 29.5. The molecule has 1 saturated heterocycles. The lowest BCUT2D eigenvalue weighted by Gasteiger charge is -2.17. The number of aromatic nitrogens is 2. The first-order valence-corrected chi connectivity index (χ1v) is 6.39. The van der Waals surface area contributed by atoms with Gasteiger partial charge in [0.1, 0.15) is 0 Å². The fraction of sp³-hybridized carbons (Fsp3) is 0.714. The molecule has 1 aromatic heterocycles. The van der Waals surface area contributed by atoms with Crippen LogP contribution >= 0.6 is 39.2 Å². The van der Waals surface area contributed by atoms with Gasteiger partial charge in [0, 0.05) is 0 Å². The summed E-state index contributed by atoms with van der Waals surface area (Å²) in [4.78, 5) is 4.37. The van der Waals surface area contributed by atoms with Crippen molar-refractivity contribution in [1.82, 2.24) is 9.36 Å². The Labute approximate surface area is 88.5 Å². The first kappa shape index (κ1) is 8.97. The standard InChI is InChI=1S/C7H9BrN2S2/c1-7(3-2-4-11-7)5-9-6(8)12-10-5/h2-4H2,1H3. The van der Waals surface area contributed by atoms with Gasteiger partial charge in [-0.3, -0.25) is 0 Å². The van der Waals surface area contributed by atoms with E-state index in [4.69, 9.17) is 0 Å². The molecule has 0 saturated carbocycles. The summed E-state index contributed by atoms with van der Waals surface area (Å²) in [5, 5.41) is 0. The minimum Gasteiger partial charge on any atom is -0.211 e. The number of hydrogen-bond acceptors (Lipinski definition) is 4. The van der Waals surface area contributed by atoms with Gasteiger partial charge in [0.25, 0.3) is 0 Å². The Morgan fingerprint density at radius 1 is 1.58 bits per heavy atom. The zero-order valence-electron chi connectivity index (χ0n) is 6.71. The SMILES string of the molecule is CC1(c2nsc(Br)n2)CCCS1. The Kier molecular flexibility index (Phi) is 2.44. The van der Waals surface area contributed by atoms with Gasteiger partial charge in [0.15, 0.2) is 9.74 Å². The highest BCUT2D eigenvalue weighted by Gasteiger charge is 2.35. The smallest absolute Gasteiger partial charge is 0.179 e. The minimum atomic E-state index is 0.183. The molecule has 5 heteroatoms. The van der Waals surface area contributed by atoms with Gasteiger partial charge in [-0.15, -0.1) is 11.8 Å². The Balaban J connectivity index is 2.28. The Morgan fingerprint density at radius 2 is 2.42 bits per heavy atom. The molecule has 1 atom stereocenters. The number of hydrogen-bond donors (Lipinski definition) is 0. The van der Waals surface area contributed by atoms with Crippen LogP contribution in [0.25, 0.3) is 0 Å². The molecule has 0 spiro atoms. The molecule has 1 aliphatic rings. The van der Waals surface area contributed by atoms with Crippen LogP contribution in [0.5, 0.6) is 0 Å². The van der Waals surface area contributed by atoms with Crippen LogP contribution in [-0.2, 0) is 4.75 Å². The summed E-state index contributed by atoms with van der Waals surface area (Å²) in [5.41, 5.74) is 0. The van der Waals surface area contributed by atoms with E-state index < -0.39 is 0 Å². The third kappa shape index (κ3) is 1.54. The van der Waals surface area contributed by atoms with Gasteiger partial charge in [-0.25, -0.2) is 4.98 Å². The Bertz CT molecular complexity index is 281. The zero-order valence-corrected chi connectivity index (χ0v) is 9.93. The monoisotopic (exact) mass is 264 g/mol. The second kappa shape index (κ2) is 3.27. The van der Waals surface area contributed by atoms with E-state index >= 15 is 0 Å². The first-order chi connectivity index (χ1) is 5.71. The average Bonchev–Trinajstić information content (AvgIpc) is 2.59. The summed E-state index contributed by atoms with van der Waals surface area (Å²) in [6, 6.07) is 0. The Hall–Kier alpha value is 0.390. The lowest BCUT2D eigenvalue weighted by atomic mass is 10.1. The lowest BCUT2D eigenvalue weighted by molar-refractivity contribution is 0.613. The van der Waals surface area contributed by atoms with Crippen LogP contribution in [0.2, 0.25) is 0 Å². The number of thioether (sulfide) groups is 1. The summed E-state index contributed by atoms with van der Waals surface area (Å²) in [7, 11) is 0. The van der Waals surface area contributed by atoms with E-state index in [1.807, 2.05) is 11.8 Å². The molecule has 0 bridgehead atoms. The summed E-state index contributed by atoms with van der Waals surface area (Å²) in [6.45, 7) is 2.24. The fourth-order valence-corrected chi connectivity index (χ4v) is 3.60. The number of rotatable bonds is 1. The van der Waals surface area contributed by atoms with E-state index in [9.17, 15) is 0 Å². The van der Waals surface area contributed by atoms with Crippen LogP contribution in [0.1, 0.15) is 25.6 Å². The molecule has 0 N–H and O–H groups in total. The van der Waals surface area contributed by atoms with Gasteiger partial charge in [0.05, 0.1) is 4.75 Å². The Morgan fingerprint density at radius 3 is 2.92 bits per heavy atom. The van der Waals surface area contributed by atoms with Crippen molar-refractivity contribution in [3.63, 3.8) is 0 Å². The maximum absolute atomic E-state index is 4.37. The highest BCUT2D eigenvalue weighted by Crippen LogP contribution is 2.45. The fourth-order valence-electron chi connectivity index (χ4n) is 1.38. The molecule has 0 aliphatic carbocycles. The maximum atomic E-state index is 4.37. The van der Waals surface area contributed by atoms with Crippen molar-refractivity contribution >= 4 is 39.2 Å². The van der Waals surface area contributed by atoms with Crippen molar-refractivity contribution in [3.8, 4) is 0 Å². The maximum Gasteiger partial charge on any atom is 0.179 e. The molecule has 1 unspecified atom stereocenters. The topological polar surface area (TPSA) is 25.8 Å². The molecule has 0 amide bonds. The summed E-state index contributed by atoms with van der Waals surface area (Å²) in [6.07, 6.45) is 2.50. The van der Waals surface area contributed by atoms with Gasteiger partial charge in [-0.2, -0.15) is 4.37 Å². The zero-order chi connectivity index (χ0) is 8.60. The van der Waals surface area contributed by atoms with Crippen molar-refractivity contribution in [1.29, 1.82) is 0 Å². The third-order valence-electron chi connectivity index (χ3n) is 2.09. The predicted molar refractivity (Wildman–Crippen MR) is 56.7 cm³/mol. The van der Waals surface area contributed by atoms with Gasteiger partial charge < -0.3 is 0 Å². The van der Waals surface area contributed by atoms with Crippen molar-refractivity contribution in [2.24, 2.45) is 0 Å². The van der Waals surface area contributed by atoms with Crippen molar-refractivity contribution < 1.29 is 0 Å². The van der Waals surface area contributed by atoms with E-state index in [0.717, 1.165) is 9.74 Å². The van der Waals surface area contributed by atoms with Gasteiger partial charge >= 0.3 is 0 Å². The summed E-state index contributed by atoms with van der Waals surface area (Å²) in [5.74, 6) is 2.25. The molecule has 2 rings (SSSR count). The predicted octanol–water partition coefficient (Wildman–Crippen LogP) is 3.04. The third-order valence-corrected chi connectivity index (χ3v) is 4.73. The van der Waals surface area contributed by atoms with Crippen LogP contribution in [0.15, 0.2) is 3.92 Å². The van der Waals surface area contributed by atoms with E-state index in [1.165, 1.54) is 30.1 Å². The van der Waals surface area contributed by atoms with E-state index in [-0.39, 0.29) is 4.75 Å². The average molecular weight is 265 g/mol. The molecule has 1 aliphatic heterocycles. The molecule has 0 radical (unpaired) electrons. The van der Waals surface area contributed by atoms with E-state index in [2.05, 4.69) is 32.2 Å². The molecule has 1 aromatic rings. The second-order valence-electron chi connectivity index (χ2n) is 3.05. The van der Waals surface area contributed by atoms with Crippen molar-refractivity contribution in [2.45, 2.75) is 24.5 Å². The van der Waals surface area contributed by atoms with Crippen LogP contribution in [-0.4, -0.2) is 15.1 Å². The van der Waals surface area contributed by atoms with Crippen LogP contribution in [0, 0.1) is 0 Å². The molecule has 66 valence electrons. The molecule has 1 fully saturated rings. The number of nitrogens with zero attached hydrogens (tertiary/aromatic N) is 2. The first-order valence-electron chi connectivity index (χ1n) is 3.84. The summed E-state index contributed by atoms with van der Waals surface area (Å²) >= 11 is 6.74. The summed E-state index contributed by atoms with van der Waals surface area (Å²) < 4.78 is 5.41. The van der Waals surface area contributed by atoms with Crippen LogP contribution in [0.4, 0.5) is 0 Å². The minimum absolute atomic E-state index is 0.183. The second-order valence-corrected chi connectivity index (χ2v) is 6.68. The molecule has 12 heavy (non-hydrogen) atoms. The highest BCUT2D eigenvalue weighted by atomic mass is 79.9. The number of halogens is 1. The van der Waals surface area contributed by atoms with Gasteiger partial charge in [-0.05, 0) is 53.0 Å².